The third kappa shape index (κ3) is 1.42. The molecule has 2 fully saturated rings. The van der Waals surface area contributed by atoms with E-state index in [0.29, 0.717) is 10.4 Å². The number of halogens is 2. The summed E-state index contributed by atoms with van der Waals surface area (Å²) in [4.78, 5) is 2.15. The minimum absolute atomic E-state index is 0.220. The molecule has 0 atom stereocenters. The number of anilines is 1. The molecule has 2 nitrogen and oxygen atoms in total. The van der Waals surface area contributed by atoms with Crippen molar-refractivity contribution in [3.8, 4) is 0 Å². The second-order valence-corrected chi connectivity index (χ2v) is 4.96. The van der Waals surface area contributed by atoms with Crippen LogP contribution in [0.2, 0.25) is 5.02 Å². The van der Waals surface area contributed by atoms with Gasteiger partial charge in [-0.25, -0.2) is 4.39 Å². The number of rotatable bonds is 1. The highest BCUT2D eigenvalue weighted by Gasteiger charge is 2.47. The number of hydrogen-bond acceptors (Lipinski definition) is 2. The molecule has 0 aromatic heterocycles. The van der Waals surface area contributed by atoms with Crippen LogP contribution in [0.25, 0.3) is 0 Å². The van der Waals surface area contributed by atoms with Crippen LogP contribution in [0.15, 0.2) is 18.2 Å². The topological polar surface area (TPSA) is 15.3 Å². The van der Waals surface area contributed by atoms with Gasteiger partial charge in [0.05, 0.1) is 10.7 Å². The van der Waals surface area contributed by atoms with Crippen LogP contribution in [-0.2, 0) is 0 Å². The van der Waals surface area contributed by atoms with E-state index < -0.39 is 0 Å². The van der Waals surface area contributed by atoms with Crippen LogP contribution in [0.3, 0.4) is 0 Å². The second kappa shape index (κ2) is 3.09. The predicted octanol–water partition coefficient (Wildman–Crippen LogP) is 1.89. The number of nitrogens with one attached hydrogen (secondary N) is 1. The van der Waals surface area contributed by atoms with Gasteiger partial charge in [-0.1, -0.05) is 11.6 Å². The molecular formula is C11H12ClFN2. The van der Waals surface area contributed by atoms with Crippen molar-refractivity contribution >= 4 is 17.3 Å². The molecule has 2 aliphatic rings. The summed E-state index contributed by atoms with van der Waals surface area (Å²) in [5.41, 5.74) is 1.27. The lowest BCUT2D eigenvalue weighted by Crippen LogP contribution is -2.71. The largest absolute Gasteiger partial charge is 0.369 e. The van der Waals surface area contributed by atoms with Gasteiger partial charge in [0, 0.05) is 31.6 Å². The first-order valence-corrected chi connectivity index (χ1v) is 5.47. The van der Waals surface area contributed by atoms with E-state index in [4.69, 9.17) is 11.6 Å². The third-order valence-corrected chi connectivity index (χ3v) is 3.62. The fourth-order valence-corrected chi connectivity index (χ4v) is 2.60. The molecule has 2 saturated heterocycles. The minimum Gasteiger partial charge on any atom is -0.369 e. The summed E-state index contributed by atoms with van der Waals surface area (Å²) < 4.78 is 13.1. The average molecular weight is 227 g/mol. The van der Waals surface area contributed by atoms with Gasteiger partial charge in [-0.15, -0.1) is 0 Å². The summed E-state index contributed by atoms with van der Waals surface area (Å²) >= 11 is 6.03. The quantitative estimate of drug-likeness (QED) is 0.787. The molecule has 1 N–H and O–H groups in total. The van der Waals surface area contributed by atoms with Gasteiger partial charge in [0.25, 0.3) is 0 Å². The van der Waals surface area contributed by atoms with Crippen LogP contribution in [-0.4, -0.2) is 26.2 Å². The highest BCUT2D eigenvalue weighted by molar-refractivity contribution is 6.33. The minimum atomic E-state index is -0.220. The molecule has 2 aliphatic heterocycles. The Morgan fingerprint density at radius 1 is 1.33 bits per heavy atom. The molecule has 3 rings (SSSR count). The Morgan fingerprint density at radius 2 is 2.07 bits per heavy atom. The van der Waals surface area contributed by atoms with Crippen molar-refractivity contribution in [3.05, 3.63) is 29.0 Å². The molecular weight excluding hydrogens is 215 g/mol. The maximum absolute atomic E-state index is 13.1. The van der Waals surface area contributed by atoms with Crippen LogP contribution in [0.1, 0.15) is 0 Å². The molecule has 0 bridgehead atoms. The first-order chi connectivity index (χ1) is 7.19. The summed E-state index contributed by atoms with van der Waals surface area (Å²) in [7, 11) is 0. The summed E-state index contributed by atoms with van der Waals surface area (Å²) in [5, 5.41) is 3.91. The van der Waals surface area contributed by atoms with Crippen molar-refractivity contribution in [2.75, 3.05) is 31.1 Å². The standard InChI is InChI=1S/C11H12ClFN2/c12-9-2-1-8(13)3-10(9)15-6-11(7-15)4-14-5-11/h1-3,14H,4-7H2. The molecule has 0 unspecified atom stereocenters. The lowest BCUT2D eigenvalue weighted by molar-refractivity contribution is 0.121. The van der Waals surface area contributed by atoms with E-state index in [1.165, 1.54) is 12.1 Å². The Labute approximate surface area is 93.0 Å². The van der Waals surface area contributed by atoms with Gasteiger partial charge < -0.3 is 10.2 Å². The summed E-state index contributed by atoms with van der Waals surface area (Å²) in [5.74, 6) is -0.220. The van der Waals surface area contributed by atoms with Crippen LogP contribution >= 0.6 is 11.6 Å². The van der Waals surface area contributed by atoms with Gasteiger partial charge in [0.2, 0.25) is 0 Å². The molecule has 0 aliphatic carbocycles. The molecule has 2 heterocycles. The Morgan fingerprint density at radius 3 is 2.67 bits per heavy atom. The Bertz CT molecular complexity index is 396. The lowest BCUT2D eigenvalue weighted by Gasteiger charge is -2.57. The van der Waals surface area contributed by atoms with E-state index >= 15 is 0 Å². The van der Waals surface area contributed by atoms with Crippen LogP contribution < -0.4 is 10.2 Å². The fraction of sp³-hybridized carbons (Fsp3) is 0.455. The Hall–Kier alpha value is -0.800. The average Bonchev–Trinajstić information content (AvgIpc) is 2.06. The maximum Gasteiger partial charge on any atom is 0.125 e. The molecule has 1 spiro atoms. The zero-order valence-corrected chi connectivity index (χ0v) is 9.02. The van der Waals surface area contributed by atoms with Gasteiger partial charge in [0.15, 0.2) is 0 Å². The lowest BCUT2D eigenvalue weighted by atomic mass is 9.74. The van der Waals surface area contributed by atoms with Gasteiger partial charge in [-0.2, -0.15) is 0 Å². The highest BCUT2D eigenvalue weighted by Crippen LogP contribution is 2.40. The zero-order valence-electron chi connectivity index (χ0n) is 8.26. The van der Waals surface area contributed by atoms with E-state index in [2.05, 4.69) is 10.2 Å². The van der Waals surface area contributed by atoms with Crippen molar-refractivity contribution in [2.45, 2.75) is 0 Å². The van der Waals surface area contributed by atoms with Gasteiger partial charge >= 0.3 is 0 Å². The molecule has 0 radical (unpaired) electrons. The maximum atomic E-state index is 13.1. The number of benzene rings is 1. The third-order valence-electron chi connectivity index (χ3n) is 3.30. The zero-order chi connectivity index (χ0) is 10.5. The first kappa shape index (κ1) is 9.43. The summed E-state index contributed by atoms with van der Waals surface area (Å²) in [6.45, 7) is 4.14. The Balaban J connectivity index is 1.80. The first-order valence-electron chi connectivity index (χ1n) is 5.09. The molecule has 1 aromatic rings. The van der Waals surface area contributed by atoms with Crippen LogP contribution in [0.4, 0.5) is 10.1 Å². The van der Waals surface area contributed by atoms with Crippen molar-refractivity contribution < 1.29 is 4.39 Å². The molecule has 0 amide bonds. The van der Waals surface area contributed by atoms with Crippen molar-refractivity contribution in [1.82, 2.24) is 5.32 Å². The Kier molecular flexibility index (Phi) is 1.94. The van der Waals surface area contributed by atoms with Gasteiger partial charge in [-0.05, 0) is 18.2 Å². The normalized spacial score (nSPS) is 22.4. The monoisotopic (exact) mass is 226 g/mol. The smallest absolute Gasteiger partial charge is 0.125 e. The van der Waals surface area contributed by atoms with Crippen LogP contribution in [0.5, 0.6) is 0 Å². The number of nitrogens with zero attached hydrogens (tertiary/aromatic N) is 1. The van der Waals surface area contributed by atoms with E-state index in [1.54, 1.807) is 6.07 Å². The van der Waals surface area contributed by atoms with E-state index in [-0.39, 0.29) is 5.82 Å². The molecule has 80 valence electrons. The van der Waals surface area contributed by atoms with Gasteiger partial charge in [-0.3, -0.25) is 0 Å². The van der Waals surface area contributed by atoms with Gasteiger partial charge in [0.1, 0.15) is 5.82 Å². The summed E-state index contributed by atoms with van der Waals surface area (Å²) in [6.07, 6.45) is 0. The molecule has 0 saturated carbocycles. The molecule has 1 aromatic carbocycles. The highest BCUT2D eigenvalue weighted by atomic mass is 35.5. The molecule has 4 heteroatoms. The van der Waals surface area contributed by atoms with E-state index in [1.807, 2.05) is 0 Å². The molecule has 15 heavy (non-hydrogen) atoms. The van der Waals surface area contributed by atoms with Crippen molar-refractivity contribution in [1.29, 1.82) is 0 Å². The van der Waals surface area contributed by atoms with Crippen molar-refractivity contribution in [2.24, 2.45) is 5.41 Å². The van der Waals surface area contributed by atoms with Crippen molar-refractivity contribution in [3.63, 3.8) is 0 Å². The second-order valence-electron chi connectivity index (χ2n) is 4.56. The van der Waals surface area contributed by atoms with E-state index in [0.717, 1.165) is 31.9 Å². The number of hydrogen-bond donors (Lipinski definition) is 1. The predicted molar refractivity (Wildman–Crippen MR) is 58.9 cm³/mol. The fourth-order valence-electron chi connectivity index (χ4n) is 2.36. The SMILES string of the molecule is Fc1ccc(Cl)c(N2CC3(CNC3)C2)c1. The van der Waals surface area contributed by atoms with E-state index in [9.17, 15) is 4.39 Å². The summed E-state index contributed by atoms with van der Waals surface area (Å²) in [6, 6.07) is 4.53. The van der Waals surface area contributed by atoms with Crippen LogP contribution in [0, 0.1) is 11.2 Å².